The lowest BCUT2D eigenvalue weighted by molar-refractivity contribution is 0.566. The molecule has 0 aliphatic heterocycles. The van der Waals surface area contributed by atoms with Crippen molar-refractivity contribution >= 4 is 23.6 Å². The van der Waals surface area contributed by atoms with Gasteiger partial charge in [0.2, 0.25) is 0 Å². The molecule has 0 saturated carbocycles. The van der Waals surface area contributed by atoms with E-state index in [4.69, 9.17) is 5.73 Å². The minimum atomic E-state index is -0.499. The molecule has 1 heterocycles. The van der Waals surface area contributed by atoms with Crippen LogP contribution in [0.5, 0.6) is 0 Å². The molecule has 3 N–H and O–H groups in total. The molecular formula is C9H11BN2O. The average molecular weight is 174 g/mol. The second-order valence-electron chi connectivity index (χ2n) is 3.17. The maximum absolute atomic E-state index is 9.41. The molecule has 0 saturated heterocycles. The summed E-state index contributed by atoms with van der Waals surface area (Å²) in [5.41, 5.74) is 7.39. The number of nitrogen functional groups attached to an aromatic ring is 1. The summed E-state index contributed by atoms with van der Waals surface area (Å²) >= 11 is 0. The molecule has 0 amide bonds. The van der Waals surface area contributed by atoms with Gasteiger partial charge in [-0.15, -0.1) is 0 Å². The van der Waals surface area contributed by atoms with Crippen molar-refractivity contribution in [2.24, 2.45) is 0 Å². The lowest BCUT2D eigenvalue weighted by Crippen LogP contribution is -2.17. The Balaban J connectivity index is 2.69. The minimum Gasteiger partial charge on any atom is -0.432 e. The molecule has 1 aromatic heterocycles. The number of fused-ring (bicyclic) bond motifs is 1. The highest BCUT2D eigenvalue weighted by Crippen LogP contribution is 2.18. The zero-order valence-electron chi connectivity index (χ0n) is 7.44. The van der Waals surface area contributed by atoms with Crippen molar-refractivity contribution in [1.82, 2.24) is 4.48 Å². The van der Waals surface area contributed by atoms with Crippen LogP contribution in [0.15, 0.2) is 30.5 Å². The summed E-state index contributed by atoms with van der Waals surface area (Å²) in [6.07, 6.45) is 1.86. The monoisotopic (exact) mass is 174 g/mol. The van der Waals surface area contributed by atoms with Crippen LogP contribution in [0.25, 0.3) is 10.9 Å². The molecule has 0 aliphatic rings. The number of hydrogen-bond acceptors (Lipinski definition) is 2. The first-order chi connectivity index (χ1) is 6.18. The van der Waals surface area contributed by atoms with Gasteiger partial charge in [-0.1, -0.05) is 0 Å². The normalized spacial score (nSPS) is 10.6. The first-order valence-electron chi connectivity index (χ1n) is 4.22. The van der Waals surface area contributed by atoms with Crippen LogP contribution in [-0.2, 0) is 0 Å². The van der Waals surface area contributed by atoms with E-state index in [1.54, 1.807) is 11.3 Å². The smallest absolute Gasteiger partial charge is 0.413 e. The second kappa shape index (κ2) is 2.82. The number of nitrogens with zero attached hydrogens (tertiary/aromatic N) is 1. The predicted molar refractivity (Wildman–Crippen MR) is 55.6 cm³/mol. The summed E-state index contributed by atoms with van der Waals surface area (Å²) in [4.78, 5) is 0. The molecule has 2 rings (SSSR count). The van der Waals surface area contributed by atoms with Gasteiger partial charge in [0.15, 0.2) is 0 Å². The lowest BCUT2D eigenvalue weighted by Gasteiger charge is -2.04. The van der Waals surface area contributed by atoms with E-state index < -0.39 is 7.05 Å². The molecule has 0 atom stereocenters. The van der Waals surface area contributed by atoms with Crippen LogP contribution in [0.4, 0.5) is 5.69 Å². The van der Waals surface area contributed by atoms with Crippen LogP contribution < -0.4 is 5.73 Å². The highest BCUT2D eigenvalue weighted by atomic mass is 16.2. The van der Waals surface area contributed by atoms with Gasteiger partial charge >= 0.3 is 7.05 Å². The zero-order valence-corrected chi connectivity index (χ0v) is 7.44. The molecule has 0 radical (unpaired) electrons. The molecule has 0 bridgehead atoms. The Bertz CT molecular complexity index is 436. The van der Waals surface area contributed by atoms with Crippen LogP contribution in [0.1, 0.15) is 0 Å². The number of benzene rings is 1. The van der Waals surface area contributed by atoms with Crippen LogP contribution in [0.3, 0.4) is 0 Å². The van der Waals surface area contributed by atoms with Gasteiger partial charge in [-0.05, 0) is 37.3 Å². The third kappa shape index (κ3) is 1.29. The van der Waals surface area contributed by atoms with Crippen molar-refractivity contribution in [1.29, 1.82) is 0 Å². The van der Waals surface area contributed by atoms with Gasteiger partial charge in [0, 0.05) is 16.6 Å². The molecule has 2 aromatic rings. The Morgan fingerprint density at radius 1 is 1.38 bits per heavy atom. The fourth-order valence-corrected chi connectivity index (χ4v) is 1.51. The molecule has 1 aromatic carbocycles. The number of rotatable bonds is 1. The molecule has 0 fully saturated rings. The molecule has 0 unspecified atom stereocenters. The maximum atomic E-state index is 9.41. The van der Waals surface area contributed by atoms with E-state index >= 15 is 0 Å². The Kier molecular flexibility index (Phi) is 1.77. The van der Waals surface area contributed by atoms with E-state index in [0.29, 0.717) is 0 Å². The van der Waals surface area contributed by atoms with Crippen LogP contribution in [0, 0.1) is 0 Å². The molecule has 4 heteroatoms. The summed E-state index contributed by atoms with van der Waals surface area (Å²) in [5, 5.41) is 10.5. The number of aromatic nitrogens is 1. The molecule has 0 spiro atoms. The number of nitrogens with two attached hydrogens (primary N) is 1. The maximum Gasteiger partial charge on any atom is 0.413 e. The average Bonchev–Trinajstić information content (AvgIpc) is 2.46. The number of hydrogen-bond donors (Lipinski definition) is 2. The quantitative estimate of drug-likeness (QED) is 0.503. The molecule has 3 nitrogen and oxygen atoms in total. The van der Waals surface area contributed by atoms with E-state index in [1.165, 1.54) is 0 Å². The highest BCUT2D eigenvalue weighted by molar-refractivity contribution is 6.48. The Morgan fingerprint density at radius 3 is 2.85 bits per heavy atom. The van der Waals surface area contributed by atoms with Gasteiger partial charge in [-0.3, -0.25) is 0 Å². The SMILES string of the molecule is CB(O)n1ccc2cc(N)ccc21. The Hall–Kier alpha value is -1.42. The second-order valence-corrected chi connectivity index (χ2v) is 3.17. The van der Waals surface area contributed by atoms with E-state index in [0.717, 1.165) is 16.6 Å². The van der Waals surface area contributed by atoms with Crippen molar-refractivity contribution < 1.29 is 5.02 Å². The summed E-state index contributed by atoms with van der Waals surface area (Å²) in [7, 11) is -0.499. The van der Waals surface area contributed by atoms with Gasteiger partial charge < -0.3 is 15.2 Å². The fourth-order valence-electron chi connectivity index (χ4n) is 1.51. The summed E-state index contributed by atoms with van der Waals surface area (Å²) in [6.45, 7) is 1.73. The Morgan fingerprint density at radius 2 is 2.15 bits per heavy atom. The fraction of sp³-hybridized carbons (Fsp3) is 0.111. The van der Waals surface area contributed by atoms with Gasteiger partial charge in [-0.2, -0.15) is 0 Å². The first-order valence-corrected chi connectivity index (χ1v) is 4.22. The van der Waals surface area contributed by atoms with E-state index in [9.17, 15) is 5.02 Å². The van der Waals surface area contributed by atoms with E-state index in [1.807, 2.05) is 30.5 Å². The number of anilines is 1. The highest BCUT2D eigenvalue weighted by Gasteiger charge is 2.08. The standard InChI is InChI=1S/C9H11BN2O/c1-10(13)12-5-4-7-6-8(11)2-3-9(7)12/h2-6,13H,11H2,1H3. The van der Waals surface area contributed by atoms with E-state index in [2.05, 4.69) is 0 Å². The first kappa shape index (κ1) is 8.20. The third-order valence-electron chi connectivity index (χ3n) is 2.15. The van der Waals surface area contributed by atoms with Crippen LogP contribution >= 0.6 is 0 Å². The molecular weight excluding hydrogens is 163 g/mol. The van der Waals surface area contributed by atoms with E-state index in [-0.39, 0.29) is 0 Å². The topological polar surface area (TPSA) is 51.2 Å². The van der Waals surface area contributed by atoms with Gasteiger partial charge in [0.25, 0.3) is 0 Å². The predicted octanol–water partition coefficient (Wildman–Crippen LogP) is 1.18. The summed E-state index contributed by atoms with van der Waals surface area (Å²) < 4.78 is 1.80. The largest absolute Gasteiger partial charge is 0.432 e. The van der Waals surface area contributed by atoms with Gasteiger partial charge in [0.1, 0.15) is 0 Å². The molecule has 66 valence electrons. The van der Waals surface area contributed by atoms with Crippen LogP contribution in [-0.4, -0.2) is 16.6 Å². The lowest BCUT2D eigenvalue weighted by atomic mass is 9.88. The van der Waals surface area contributed by atoms with Crippen molar-refractivity contribution in [3.8, 4) is 0 Å². The van der Waals surface area contributed by atoms with Crippen molar-refractivity contribution in [3.05, 3.63) is 30.5 Å². The van der Waals surface area contributed by atoms with Gasteiger partial charge in [0.05, 0.1) is 0 Å². The summed E-state index contributed by atoms with van der Waals surface area (Å²) in [5.74, 6) is 0. The minimum absolute atomic E-state index is 0.499. The van der Waals surface area contributed by atoms with Crippen molar-refractivity contribution in [2.75, 3.05) is 5.73 Å². The van der Waals surface area contributed by atoms with Gasteiger partial charge in [-0.25, -0.2) is 0 Å². The van der Waals surface area contributed by atoms with Crippen molar-refractivity contribution in [3.63, 3.8) is 0 Å². The van der Waals surface area contributed by atoms with Crippen LogP contribution in [0.2, 0.25) is 6.82 Å². The zero-order chi connectivity index (χ0) is 9.42. The van der Waals surface area contributed by atoms with Crippen molar-refractivity contribution in [2.45, 2.75) is 6.82 Å². The molecule has 13 heavy (non-hydrogen) atoms. The molecule has 0 aliphatic carbocycles. The Labute approximate surface area is 76.9 Å². The summed E-state index contributed by atoms with van der Waals surface area (Å²) in [6, 6.07) is 7.59. The third-order valence-corrected chi connectivity index (χ3v) is 2.15.